The average Bonchev–Trinajstić information content (AvgIpc) is 2.06. The van der Waals surface area contributed by atoms with Crippen LogP contribution in [0.5, 0.6) is 0 Å². The summed E-state index contributed by atoms with van der Waals surface area (Å²) in [5.74, 6) is 0.659. The molecule has 0 saturated carbocycles. The van der Waals surface area contributed by atoms with Gasteiger partial charge in [-0.3, -0.25) is 0 Å². The van der Waals surface area contributed by atoms with Gasteiger partial charge in [-0.1, -0.05) is 11.6 Å². The zero-order valence-corrected chi connectivity index (χ0v) is 8.10. The first kappa shape index (κ1) is 9.75. The predicted octanol–water partition coefficient (Wildman–Crippen LogP) is 1.58. The molecular weight excluding hydrogens is 150 g/mol. The van der Waals surface area contributed by atoms with Gasteiger partial charge >= 0.3 is 0 Å². The quantitative estimate of drug-likeness (QED) is 0.648. The van der Waals surface area contributed by atoms with Gasteiger partial charge in [-0.05, 0) is 26.8 Å². The van der Waals surface area contributed by atoms with Crippen LogP contribution in [0.2, 0.25) is 0 Å². The molecule has 0 spiro atoms. The number of likely N-dealkylation sites (N-methyl/N-ethyl adjacent to an activating group) is 1. The Bertz CT molecular complexity index is 148. The Morgan fingerprint density at radius 2 is 2.50 bits per heavy atom. The number of hydrogen-bond donors (Lipinski definition) is 1. The lowest BCUT2D eigenvalue weighted by atomic mass is 10.00. The van der Waals surface area contributed by atoms with Gasteiger partial charge in [-0.15, -0.1) is 0 Å². The number of hydrogen-bond acceptors (Lipinski definition) is 2. The molecule has 1 N–H and O–H groups in total. The highest BCUT2D eigenvalue weighted by Gasteiger charge is 2.10. The molecule has 1 saturated heterocycles. The van der Waals surface area contributed by atoms with Crippen molar-refractivity contribution in [3.63, 3.8) is 0 Å². The van der Waals surface area contributed by atoms with E-state index < -0.39 is 0 Å². The molecule has 0 bridgehead atoms. The van der Waals surface area contributed by atoms with E-state index in [4.69, 9.17) is 4.74 Å². The fraction of sp³-hybridized carbons (Fsp3) is 0.800. The number of rotatable bonds is 3. The lowest BCUT2D eigenvalue weighted by Crippen LogP contribution is -2.17. The van der Waals surface area contributed by atoms with E-state index in [1.165, 1.54) is 18.4 Å². The van der Waals surface area contributed by atoms with Crippen LogP contribution < -0.4 is 5.32 Å². The molecule has 2 heteroatoms. The monoisotopic (exact) mass is 169 g/mol. The van der Waals surface area contributed by atoms with Gasteiger partial charge in [0, 0.05) is 19.1 Å². The Balaban J connectivity index is 2.31. The Kier molecular flexibility index (Phi) is 4.33. The first-order valence-electron chi connectivity index (χ1n) is 4.72. The minimum absolute atomic E-state index is 0.659. The maximum Gasteiger partial charge on any atom is 0.0528 e. The topological polar surface area (TPSA) is 21.3 Å². The van der Waals surface area contributed by atoms with Crippen molar-refractivity contribution in [3.05, 3.63) is 11.6 Å². The highest BCUT2D eigenvalue weighted by Crippen LogP contribution is 2.16. The molecule has 1 heterocycles. The van der Waals surface area contributed by atoms with Gasteiger partial charge in [0.1, 0.15) is 0 Å². The van der Waals surface area contributed by atoms with Crippen molar-refractivity contribution in [2.45, 2.75) is 19.8 Å². The Morgan fingerprint density at radius 3 is 3.08 bits per heavy atom. The second kappa shape index (κ2) is 5.33. The maximum atomic E-state index is 5.40. The Labute approximate surface area is 75.0 Å². The van der Waals surface area contributed by atoms with E-state index in [0.29, 0.717) is 5.92 Å². The summed E-state index contributed by atoms with van der Waals surface area (Å²) in [6, 6.07) is 0. The molecule has 0 aliphatic carbocycles. The van der Waals surface area contributed by atoms with Gasteiger partial charge in [-0.25, -0.2) is 0 Å². The van der Waals surface area contributed by atoms with Crippen molar-refractivity contribution >= 4 is 0 Å². The summed E-state index contributed by atoms with van der Waals surface area (Å²) >= 11 is 0. The molecule has 1 aliphatic rings. The summed E-state index contributed by atoms with van der Waals surface area (Å²) < 4.78 is 5.40. The molecule has 2 nitrogen and oxygen atoms in total. The summed E-state index contributed by atoms with van der Waals surface area (Å²) in [6.07, 6.45) is 4.85. The second-order valence-corrected chi connectivity index (χ2v) is 3.52. The summed E-state index contributed by atoms with van der Waals surface area (Å²) in [5, 5.41) is 3.15. The van der Waals surface area contributed by atoms with Crippen LogP contribution in [0.25, 0.3) is 0 Å². The third kappa shape index (κ3) is 3.37. The molecule has 1 fully saturated rings. The van der Waals surface area contributed by atoms with E-state index in [1.807, 2.05) is 7.05 Å². The number of ether oxygens (including phenoxy) is 1. The van der Waals surface area contributed by atoms with Gasteiger partial charge in [0.25, 0.3) is 0 Å². The normalized spacial score (nSPS) is 25.8. The summed E-state index contributed by atoms with van der Waals surface area (Å²) in [7, 11) is 1.98. The minimum atomic E-state index is 0.659. The standard InChI is InChI=1S/C10H19NO/c1-9(7-11-2)6-10-4-3-5-12-8-10/h6,10-11H,3-5,7-8H2,1-2H3/b9-6+. The average molecular weight is 169 g/mol. The van der Waals surface area contributed by atoms with Crippen LogP contribution >= 0.6 is 0 Å². The first-order chi connectivity index (χ1) is 5.83. The van der Waals surface area contributed by atoms with E-state index in [-0.39, 0.29) is 0 Å². The zero-order chi connectivity index (χ0) is 8.81. The molecule has 0 radical (unpaired) electrons. The molecule has 0 aromatic carbocycles. The molecule has 1 unspecified atom stereocenters. The molecule has 12 heavy (non-hydrogen) atoms. The van der Waals surface area contributed by atoms with Crippen molar-refractivity contribution in [2.75, 3.05) is 26.8 Å². The SMILES string of the molecule is CNC/C(C)=C/C1CCCOC1. The van der Waals surface area contributed by atoms with Gasteiger partial charge in [-0.2, -0.15) is 0 Å². The van der Waals surface area contributed by atoms with Crippen LogP contribution in [0.1, 0.15) is 19.8 Å². The van der Waals surface area contributed by atoms with Crippen molar-refractivity contribution in [1.29, 1.82) is 0 Å². The third-order valence-electron chi connectivity index (χ3n) is 2.17. The Morgan fingerprint density at radius 1 is 1.67 bits per heavy atom. The lowest BCUT2D eigenvalue weighted by Gasteiger charge is -2.19. The van der Waals surface area contributed by atoms with Gasteiger partial charge in [0.2, 0.25) is 0 Å². The fourth-order valence-electron chi connectivity index (χ4n) is 1.64. The van der Waals surface area contributed by atoms with Crippen molar-refractivity contribution < 1.29 is 4.74 Å². The zero-order valence-electron chi connectivity index (χ0n) is 8.10. The highest BCUT2D eigenvalue weighted by atomic mass is 16.5. The van der Waals surface area contributed by atoms with E-state index in [0.717, 1.165) is 19.8 Å². The van der Waals surface area contributed by atoms with Gasteiger partial charge in [0.15, 0.2) is 0 Å². The van der Waals surface area contributed by atoms with Crippen LogP contribution in [0.4, 0.5) is 0 Å². The maximum absolute atomic E-state index is 5.40. The highest BCUT2D eigenvalue weighted by molar-refractivity contribution is 5.03. The summed E-state index contributed by atoms with van der Waals surface area (Å²) in [5.41, 5.74) is 1.42. The van der Waals surface area contributed by atoms with Crippen molar-refractivity contribution in [2.24, 2.45) is 5.92 Å². The molecular formula is C10H19NO. The van der Waals surface area contributed by atoms with Crippen LogP contribution in [0.3, 0.4) is 0 Å². The molecule has 0 amide bonds. The van der Waals surface area contributed by atoms with Crippen LogP contribution in [0.15, 0.2) is 11.6 Å². The third-order valence-corrected chi connectivity index (χ3v) is 2.17. The van der Waals surface area contributed by atoms with E-state index in [2.05, 4.69) is 18.3 Å². The summed E-state index contributed by atoms with van der Waals surface area (Å²) in [4.78, 5) is 0. The fourth-order valence-corrected chi connectivity index (χ4v) is 1.64. The van der Waals surface area contributed by atoms with Crippen LogP contribution in [-0.2, 0) is 4.74 Å². The minimum Gasteiger partial charge on any atom is -0.381 e. The molecule has 1 aliphatic heterocycles. The van der Waals surface area contributed by atoms with E-state index >= 15 is 0 Å². The lowest BCUT2D eigenvalue weighted by molar-refractivity contribution is 0.0707. The van der Waals surface area contributed by atoms with E-state index in [9.17, 15) is 0 Å². The molecule has 0 aromatic heterocycles. The molecule has 1 rings (SSSR count). The Hall–Kier alpha value is -0.340. The van der Waals surface area contributed by atoms with Crippen LogP contribution in [0, 0.1) is 5.92 Å². The second-order valence-electron chi connectivity index (χ2n) is 3.52. The molecule has 70 valence electrons. The first-order valence-corrected chi connectivity index (χ1v) is 4.72. The largest absolute Gasteiger partial charge is 0.381 e. The van der Waals surface area contributed by atoms with Gasteiger partial charge < -0.3 is 10.1 Å². The van der Waals surface area contributed by atoms with Crippen molar-refractivity contribution in [3.8, 4) is 0 Å². The predicted molar refractivity (Wildman–Crippen MR) is 51.2 cm³/mol. The van der Waals surface area contributed by atoms with Crippen molar-refractivity contribution in [1.82, 2.24) is 5.32 Å². The van der Waals surface area contributed by atoms with Crippen LogP contribution in [-0.4, -0.2) is 26.8 Å². The molecule has 0 aromatic rings. The smallest absolute Gasteiger partial charge is 0.0528 e. The molecule has 1 atom stereocenters. The summed E-state index contributed by atoms with van der Waals surface area (Å²) in [6.45, 7) is 5.04. The number of nitrogens with one attached hydrogen (secondary N) is 1. The van der Waals surface area contributed by atoms with Gasteiger partial charge in [0.05, 0.1) is 6.61 Å². The van der Waals surface area contributed by atoms with E-state index in [1.54, 1.807) is 0 Å².